The number of carbonyl (C=O) groups excluding carboxylic acids is 4. The quantitative estimate of drug-likeness (QED) is 0.113. The van der Waals surface area contributed by atoms with Gasteiger partial charge in [-0.3, -0.25) is 0 Å². The van der Waals surface area contributed by atoms with E-state index in [0.717, 1.165) is 25.3 Å². The Hall–Kier alpha value is -3.28. The van der Waals surface area contributed by atoms with Gasteiger partial charge >= 0.3 is 24.2 Å². The van der Waals surface area contributed by atoms with E-state index in [1.54, 1.807) is 93.5 Å². The van der Waals surface area contributed by atoms with Crippen molar-refractivity contribution in [2.45, 2.75) is 138 Å². The van der Waals surface area contributed by atoms with Gasteiger partial charge in [0.1, 0.15) is 33.2 Å². The van der Waals surface area contributed by atoms with Gasteiger partial charge < -0.3 is 28.4 Å². The van der Waals surface area contributed by atoms with E-state index in [1.807, 2.05) is 38.1 Å². The predicted molar refractivity (Wildman–Crippen MR) is 215 cm³/mol. The lowest BCUT2D eigenvalue weighted by atomic mass is 9.98. The number of alkyl halides is 2. The summed E-state index contributed by atoms with van der Waals surface area (Å²) in [5.41, 5.74) is 0.385. The number of aryl methyl sites for hydroxylation is 2. The highest BCUT2D eigenvalue weighted by Crippen LogP contribution is 2.27. The number of esters is 2. The third kappa shape index (κ3) is 18.3. The molecule has 0 aliphatic heterocycles. The van der Waals surface area contributed by atoms with Crippen molar-refractivity contribution in [3.05, 3.63) is 59.7 Å². The molecule has 2 aromatic carbocycles. The van der Waals surface area contributed by atoms with Crippen LogP contribution in [0.3, 0.4) is 0 Å². The van der Waals surface area contributed by atoms with Crippen molar-refractivity contribution >= 4 is 69.4 Å². The topological polar surface area (TPSA) is 182 Å². The highest BCUT2D eigenvalue weighted by Gasteiger charge is 2.45. The van der Waals surface area contributed by atoms with E-state index in [-0.39, 0.29) is 0 Å². The van der Waals surface area contributed by atoms with Crippen molar-refractivity contribution in [3.63, 3.8) is 0 Å². The van der Waals surface area contributed by atoms with E-state index in [2.05, 4.69) is 9.44 Å². The Kier molecular flexibility index (Phi) is 19.5. The summed E-state index contributed by atoms with van der Waals surface area (Å²) in [6.07, 6.45) is -5.06. The summed E-state index contributed by atoms with van der Waals surface area (Å²) in [6, 6.07) is 12.0. The SMILES string of the molecule is COC(=O)[C@@H](OC(=O)OC(C)(C)C)[C@H](N[S@@](=O)c1ccc(C)cc1)C(C)(C)Cl.COC(=O)[C@@H](OC(=O)OC(C)(C)C)[C@H](N[S@@](=O)c1ccc(C)cc1)C(C)(C)Cl. The second-order valence-electron chi connectivity index (χ2n) is 15.5. The minimum absolute atomic E-state index is 0.484. The lowest BCUT2D eigenvalue weighted by Crippen LogP contribution is -2.56. The number of carbonyl (C=O) groups is 4. The fourth-order valence-electron chi connectivity index (χ4n) is 4.31. The first-order valence-corrected chi connectivity index (χ1v) is 20.4. The number of benzene rings is 2. The maximum absolute atomic E-state index is 12.8. The molecule has 0 spiro atoms. The normalized spacial score (nSPS) is 15.3. The van der Waals surface area contributed by atoms with Crippen LogP contribution in [0, 0.1) is 13.8 Å². The number of methoxy groups -OCH3 is 2. The Labute approximate surface area is 345 Å². The van der Waals surface area contributed by atoms with Gasteiger partial charge in [-0.2, -0.15) is 0 Å². The van der Waals surface area contributed by atoms with Crippen molar-refractivity contribution in [3.8, 4) is 0 Å². The third-order valence-electron chi connectivity index (χ3n) is 7.12. The third-order valence-corrected chi connectivity index (χ3v) is 9.92. The number of ether oxygens (including phenoxy) is 6. The van der Waals surface area contributed by atoms with Crippen LogP contribution in [0.5, 0.6) is 0 Å². The largest absolute Gasteiger partial charge is 0.509 e. The zero-order valence-corrected chi connectivity index (χ0v) is 37.5. The molecule has 0 heterocycles. The number of nitrogens with one attached hydrogen (secondary N) is 2. The van der Waals surface area contributed by atoms with Gasteiger partial charge in [0, 0.05) is 0 Å². The van der Waals surface area contributed by atoms with Crippen molar-refractivity contribution < 1.29 is 56.0 Å². The minimum atomic E-state index is -1.72. The molecule has 0 aliphatic rings. The van der Waals surface area contributed by atoms with Gasteiger partial charge in [-0.15, -0.1) is 23.2 Å². The average molecular weight is 868 g/mol. The van der Waals surface area contributed by atoms with Crippen LogP contribution in [-0.4, -0.2) is 92.1 Å². The van der Waals surface area contributed by atoms with Crippen molar-refractivity contribution in [1.82, 2.24) is 9.44 Å². The fraction of sp³-hybridized carbons (Fsp3) is 0.579. The number of halogens is 2. The summed E-state index contributed by atoms with van der Waals surface area (Å²) in [7, 11) is -1.12. The predicted octanol–water partition coefficient (Wildman–Crippen LogP) is 6.97. The molecule has 316 valence electrons. The van der Waals surface area contributed by atoms with Crippen LogP contribution >= 0.6 is 23.2 Å². The smallest absolute Gasteiger partial charge is 0.466 e. The van der Waals surface area contributed by atoms with E-state index in [9.17, 15) is 27.6 Å². The van der Waals surface area contributed by atoms with Crippen LogP contribution < -0.4 is 9.44 Å². The molecule has 56 heavy (non-hydrogen) atoms. The first-order valence-electron chi connectivity index (χ1n) is 17.3. The Morgan fingerprint density at radius 3 is 1.04 bits per heavy atom. The molecule has 0 bridgehead atoms. The van der Waals surface area contributed by atoms with Crippen LogP contribution in [0.1, 0.15) is 80.4 Å². The molecule has 0 aliphatic carbocycles. The summed E-state index contributed by atoms with van der Waals surface area (Å²) in [5, 5.41) is 0. The average Bonchev–Trinajstić information content (AvgIpc) is 3.05. The Bertz CT molecular complexity index is 1540. The van der Waals surface area contributed by atoms with E-state index in [1.165, 1.54) is 0 Å². The molecular formula is C38H56Cl2N2O12S2. The molecule has 6 atom stereocenters. The standard InChI is InChI=1S/2C19H28ClNO6S/c2*1-12-8-10-13(11-9-12)28(24)21-15(19(5,6)20)14(16(22)25-7)26-17(23)27-18(2,3)4/h2*8-11,14-15,21H,1-7H3/t2*14-,15-,28-/m00/s1. The molecule has 0 aromatic heterocycles. The van der Waals surface area contributed by atoms with Crippen LogP contribution in [-0.2, 0) is 60.0 Å². The number of rotatable bonds is 14. The first kappa shape index (κ1) is 50.7. The lowest BCUT2D eigenvalue weighted by molar-refractivity contribution is -0.155. The fourth-order valence-corrected chi connectivity index (χ4v) is 7.11. The zero-order valence-electron chi connectivity index (χ0n) is 34.4. The van der Waals surface area contributed by atoms with E-state index in [4.69, 9.17) is 51.6 Å². The summed E-state index contributed by atoms with van der Waals surface area (Å²) in [6.45, 7) is 20.2. The van der Waals surface area contributed by atoms with Gasteiger partial charge in [-0.25, -0.2) is 37.0 Å². The summed E-state index contributed by atoms with van der Waals surface area (Å²) in [4.78, 5) is 47.6. The van der Waals surface area contributed by atoms with E-state index in [0.29, 0.717) is 9.79 Å². The molecule has 0 amide bonds. The van der Waals surface area contributed by atoms with Gasteiger partial charge in [0.05, 0.1) is 45.8 Å². The first-order chi connectivity index (χ1) is 25.5. The monoisotopic (exact) mass is 866 g/mol. The van der Waals surface area contributed by atoms with Gasteiger partial charge in [0.25, 0.3) is 0 Å². The molecule has 0 fully saturated rings. The van der Waals surface area contributed by atoms with Crippen molar-refractivity contribution in [2.75, 3.05) is 14.2 Å². The van der Waals surface area contributed by atoms with Gasteiger partial charge in [-0.1, -0.05) is 35.4 Å². The van der Waals surface area contributed by atoms with Crippen LogP contribution in [0.25, 0.3) is 0 Å². The van der Waals surface area contributed by atoms with Crippen LogP contribution in [0.15, 0.2) is 58.3 Å². The van der Waals surface area contributed by atoms with E-state index >= 15 is 0 Å². The van der Waals surface area contributed by atoms with Gasteiger partial charge in [0.15, 0.2) is 0 Å². The van der Waals surface area contributed by atoms with Crippen LogP contribution in [0.2, 0.25) is 0 Å². The molecule has 0 unspecified atom stereocenters. The Morgan fingerprint density at radius 2 is 0.821 bits per heavy atom. The second-order valence-corrected chi connectivity index (χ2v) is 20.0. The maximum atomic E-state index is 12.8. The number of hydrogen-bond acceptors (Lipinski definition) is 12. The molecule has 18 heteroatoms. The minimum Gasteiger partial charge on any atom is -0.466 e. The molecule has 0 saturated heterocycles. The van der Waals surface area contributed by atoms with Gasteiger partial charge in [0.2, 0.25) is 12.2 Å². The number of hydrogen-bond donors (Lipinski definition) is 2. The molecule has 2 aromatic rings. The summed E-state index contributed by atoms with van der Waals surface area (Å²) < 4.78 is 61.2. The summed E-state index contributed by atoms with van der Waals surface area (Å²) in [5.74, 6) is -1.70. The molecule has 0 saturated carbocycles. The maximum Gasteiger partial charge on any atom is 0.509 e. The Balaban J connectivity index is 0.000000560. The molecule has 14 nitrogen and oxygen atoms in total. The second kappa shape index (κ2) is 21.5. The zero-order chi connectivity index (χ0) is 43.4. The summed E-state index contributed by atoms with van der Waals surface area (Å²) >= 11 is 12.9. The molecule has 0 radical (unpaired) electrons. The van der Waals surface area contributed by atoms with Crippen molar-refractivity contribution in [2.24, 2.45) is 0 Å². The highest BCUT2D eigenvalue weighted by atomic mass is 35.5. The lowest BCUT2D eigenvalue weighted by Gasteiger charge is -2.33. The highest BCUT2D eigenvalue weighted by molar-refractivity contribution is 7.83. The molecular weight excluding hydrogens is 811 g/mol. The Morgan fingerprint density at radius 1 is 0.554 bits per heavy atom. The molecule has 2 rings (SSSR count). The molecule has 2 N–H and O–H groups in total. The van der Waals surface area contributed by atoms with E-state index < -0.39 is 91.5 Å². The van der Waals surface area contributed by atoms with Crippen molar-refractivity contribution in [1.29, 1.82) is 0 Å². The van der Waals surface area contributed by atoms with Crippen LogP contribution in [0.4, 0.5) is 9.59 Å². The van der Waals surface area contributed by atoms with Gasteiger partial charge in [-0.05, 0) is 107 Å².